The van der Waals surface area contributed by atoms with Crippen LogP contribution in [0.25, 0.3) is 22.2 Å². The largest absolute Gasteiger partial charge is 0.469 e. The second-order valence-corrected chi connectivity index (χ2v) is 11.8. The third-order valence-electron chi connectivity index (χ3n) is 9.34. The Labute approximate surface area is 219 Å². The van der Waals surface area contributed by atoms with Gasteiger partial charge >= 0.3 is 5.97 Å². The molecule has 0 N–H and O–H groups in total. The summed E-state index contributed by atoms with van der Waals surface area (Å²) in [6, 6.07) is 15.9. The number of esters is 1. The lowest BCUT2D eigenvalue weighted by Crippen LogP contribution is -2.50. The first kappa shape index (κ1) is 24.0. The lowest BCUT2D eigenvalue weighted by atomic mass is 9.49. The van der Waals surface area contributed by atoms with Crippen LogP contribution in [0.5, 0.6) is 0 Å². The molecule has 5 heteroatoms. The highest BCUT2D eigenvalue weighted by Gasteiger charge is 2.58. The highest BCUT2D eigenvalue weighted by atomic mass is 16.5. The number of aryl methyl sites for hydroxylation is 2. The van der Waals surface area contributed by atoms with E-state index < -0.39 is 5.41 Å². The zero-order chi connectivity index (χ0) is 25.9. The summed E-state index contributed by atoms with van der Waals surface area (Å²) in [5.41, 5.74) is 7.14. The SMILES string of the molecule is COC(=O)[C@]1(C)CCC[C@]2(C)c3ccc(C(C)C)cc3-c3c(c4ccccc4n3CCn3ccnc3)[C@@H]12. The molecule has 0 radical (unpaired) electrons. The molecule has 0 unspecified atom stereocenters. The molecule has 0 aliphatic heterocycles. The molecule has 1 saturated carbocycles. The van der Waals surface area contributed by atoms with Crippen LogP contribution in [0.1, 0.15) is 75.5 Å². The molecule has 3 atom stereocenters. The molecule has 0 spiro atoms. The van der Waals surface area contributed by atoms with Crippen molar-refractivity contribution in [2.75, 3.05) is 7.11 Å². The Bertz CT molecular complexity index is 1480. The third kappa shape index (κ3) is 3.43. The molecule has 6 rings (SSSR count). The van der Waals surface area contributed by atoms with Crippen LogP contribution < -0.4 is 0 Å². The first-order valence-electron chi connectivity index (χ1n) is 13.6. The first-order chi connectivity index (χ1) is 17.8. The van der Waals surface area contributed by atoms with E-state index >= 15 is 0 Å². The Kier molecular flexibility index (Phi) is 5.59. The molecular formula is C32H37N3O2. The van der Waals surface area contributed by atoms with Crippen molar-refractivity contribution in [3.05, 3.63) is 77.9 Å². The van der Waals surface area contributed by atoms with Gasteiger partial charge < -0.3 is 13.9 Å². The molecular weight excluding hydrogens is 458 g/mol. The summed E-state index contributed by atoms with van der Waals surface area (Å²) < 4.78 is 10.1. The number of fused-ring (bicyclic) bond motifs is 8. The Morgan fingerprint density at radius 3 is 2.68 bits per heavy atom. The van der Waals surface area contributed by atoms with Gasteiger partial charge in [0.15, 0.2) is 0 Å². The molecule has 37 heavy (non-hydrogen) atoms. The molecule has 2 aromatic heterocycles. The van der Waals surface area contributed by atoms with E-state index in [0.29, 0.717) is 5.92 Å². The molecule has 0 amide bonds. The van der Waals surface area contributed by atoms with Crippen molar-refractivity contribution in [1.82, 2.24) is 14.1 Å². The minimum absolute atomic E-state index is 0.0352. The Hall–Kier alpha value is -3.34. The van der Waals surface area contributed by atoms with E-state index in [1.54, 1.807) is 7.11 Å². The van der Waals surface area contributed by atoms with E-state index in [4.69, 9.17) is 4.74 Å². The maximum Gasteiger partial charge on any atom is 0.312 e. The zero-order valence-electron chi connectivity index (χ0n) is 22.6. The first-order valence-corrected chi connectivity index (χ1v) is 13.6. The van der Waals surface area contributed by atoms with E-state index in [0.717, 1.165) is 32.4 Å². The normalized spacial score (nSPS) is 24.5. The van der Waals surface area contributed by atoms with E-state index in [9.17, 15) is 4.79 Å². The van der Waals surface area contributed by atoms with Gasteiger partial charge in [-0.25, -0.2) is 4.98 Å². The maximum absolute atomic E-state index is 13.5. The standard InChI is InChI=1S/C32H37N3O2/c1-21(2)22-11-12-25-24(19-22)28-27(29-31(25,3)13-8-14-32(29,4)30(36)37-5)23-9-6-7-10-26(23)35(28)18-17-34-16-15-33-20-34/h6-7,9-12,15-16,19-21,29H,8,13-14,17-18H2,1-5H3/t29-,31-,32-/m1/s1. The third-order valence-corrected chi connectivity index (χ3v) is 9.34. The lowest BCUT2D eigenvalue weighted by Gasteiger charge is -2.54. The molecule has 192 valence electrons. The van der Waals surface area contributed by atoms with Gasteiger partial charge in [-0.1, -0.05) is 57.5 Å². The number of hydrogen-bond acceptors (Lipinski definition) is 3. The van der Waals surface area contributed by atoms with E-state index in [1.165, 1.54) is 38.9 Å². The number of aromatic nitrogens is 3. The Morgan fingerprint density at radius 1 is 1.14 bits per heavy atom. The van der Waals surface area contributed by atoms with E-state index in [1.807, 2.05) is 18.7 Å². The van der Waals surface area contributed by atoms with Gasteiger partial charge in [0.1, 0.15) is 0 Å². The van der Waals surface area contributed by atoms with Crippen LogP contribution in [-0.2, 0) is 28.0 Å². The van der Waals surface area contributed by atoms with E-state index in [2.05, 4.69) is 84.3 Å². The topological polar surface area (TPSA) is 49.0 Å². The fourth-order valence-electron chi connectivity index (χ4n) is 7.59. The predicted molar refractivity (Wildman–Crippen MR) is 148 cm³/mol. The van der Waals surface area contributed by atoms with Crippen molar-refractivity contribution in [2.24, 2.45) is 5.41 Å². The highest BCUT2D eigenvalue weighted by molar-refractivity contribution is 5.96. The summed E-state index contributed by atoms with van der Waals surface area (Å²) in [6.45, 7) is 10.7. The average Bonchev–Trinajstić information content (AvgIpc) is 3.53. The van der Waals surface area contributed by atoms with Crippen molar-refractivity contribution < 1.29 is 9.53 Å². The fourth-order valence-corrected chi connectivity index (χ4v) is 7.59. The van der Waals surface area contributed by atoms with Gasteiger partial charge in [0.05, 0.1) is 24.5 Å². The van der Waals surface area contributed by atoms with Crippen LogP contribution in [0, 0.1) is 5.41 Å². The average molecular weight is 496 g/mol. The molecule has 2 aliphatic rings. The summed E-state index contributed by atoms with van der Waals surface area (Å²) in [5, 5.41) is 1.26. The predicted octanol–water partition coefficient (Wildman–Crippen LogP) is 7.05. The van der Waals surface area contributed by atoms with Crippen LogP contribution in [-0.4, -0.2) is 27.2 Å². The van der Waals surface area contributed by atoms with Gasteiger partial charge in [0, 0.05) is 53.3 Å². The number of benzene rings is 2. The van der Waals surface area contributed by atoms with Crippen LogP contribution in [0.3, 0.4) is 0 Å². The number of hydrogen-bond donors (Lipinski definition) is 0. The quantitative estimate of drug-likeness (QED) is 0.279. The number of imidazole rings is 1. The van der Waals surface area contributed by atoms with Gasteiger partial charge in [0.2, 0.25) is 0 Å². The number of ether oxygens (including phenoxy) is 1. The van der Waals surface area contributed by atoms with Gasteiger partial charge in [-0.15, -0.1) is 0 Å². The molecule has 0 bridgehead atoms. The zero-order valence-corrected chi connectivity index (χ0v) is 22.6. The molecule has 5 nitrogen and oxygen atoms in total. The summed E-state index contributed by atoms with van der Waals surface area (Å²) >= 11 is 0. The van der Waals surface area contributed by atoms with E-state index in [-0.39, 0.29) is 17.3 Å². The monoisotopic (exact) mass is 495 g/mol. The van der Waals surface area contributed by atoms with Gasteiger partial charge in [0.25, 0.3) is 0 Å². The van der Waals surface area contributed by atoms with Crippen LogP contribution in [0.2, 0.25) is 0 Å². The van der Waals surface area contributed by atoms with Gasteiger partial charge in [-0.05, 0) is 54.5 Å². The lowest BCUT2D eigenvalue weighted by molar-refractivity contribution is -0.157. The van der Waals surface area contributed by atoms with Crippen molar-refractivity contribution in [1.29, 1.82) is 0 Å². The molecule has 0 saturated heterocycles. The molecule has 2 heterocycles. The van der Waals surface area contributed by atoms with Crippen molar-refractivity contribution in [3.63, 3.8) is 0 Å². The fraction of sp³-hybridized carbons (Fsp3) is 0.438. The summed E-state index contributed by atoms with van der Waals surface area (Å²) in [7, 11) is 1.54. The van der Waals surface area contributed by atoms with Gasteiger partial charge in [-0.2, -0.15) is 0 Å². The van der Waals surface area contributed by atoms with Crippen LogP contribution in [0.15, 0.2) is 61.2 Å². The second kappa shape index (κ2) is 8.61. The number of methoxy groups -OCH3 is 1. The molecule has 2 aliphatic carbocycles. The number of nitrogens with zero attached hydrogens (tertiary/aromatic N) is 3. The number of carbonyl (C=O) groups excluding carboxylic acids is 1. The van der Waals surface area contributed by atoms with Crippen molar-refractivity contribution in [3.8, 4) is 11.3 Å². The second-order valence-electron chi connectivity index (χ2n) is 11.8. The Balaban J connectivity index is 1.69. The van der Waals surface area contributed by atoms with Crippen molar-refractivity contribution in [2.45, 2.75) is 77.3 Å². The maximum atomic E-state index is 13.5. The van der Waals surface area contributed by atoms with Crippen molar-refractivity contribution >= 4 is 16.9 Å². The molecule has 2 aromatic carbocycles. The van der Waals surface area contributed by atoms with Crippen LogP contribution in [0.4, 0.5) is 0 Å². The Morgan fingerprint density at radius 2 is 1.95 bits per heavy atom. The smallest absolute Gasteiger partial charge is 0.312 e. The van der Waals surface area contributed by atoms with Gasteiger partial charge in [-0.3, -0.25) is 4.79 Å². The minimum Gasteiger partial charge on any atom is -0.469 e. The summed E-state index contributed by atoms with van der Waals surface area (Å²) in [4.78, 5) is 17.8. The number of carbonyl (C=O) groups is 1. The summed E-state index contributed by atoms with van der Waals surface area (Å²) in [5.74, 6) is 0.384. The number of rotatable bonds is 5. The number of para-hydroxylation sites is 1. The minimum atomic E-state index is -0.593. The molecule has 1 fully saturated rings. The summed E-state index contributed by atoms with van der Waals surface area (Å²) in [6.07, 6.45) is 8.66. The molecule has 4 aromatic rings. The van der Waals surface area contributed by atoms with Crippen LogP contribution >= 0.6 is 0 Å². The highest BCUT2D eigenvalue weighted by Crippen LogP contribution is 2.65.